The number of hydrogen-bond donors (Lipinski definition) is 3. The van der Waals surface area contributed by atoms with Crippen LogP contribution in [-0.4, -0.2) is 33.7 Å². The predicted molar refractivity (Wildman–Crippen MR) is 105 cm³/mol. The van der Waals surface area contributed by atoms with Crippen molar-refractivity contribution in [1.82, 2.24) is 16.0 Å². The third-order valence-corrected chi connectivity index (χ3v) is 3.47. The first-order valence-corrected chi connectivity index (χ1v) is 8.51. The van der Waals surface area contributed by atoms with Gasteiger partial charge in [-0.15, -0.1) is 0 Å². The number of amides is 1. The molecule has 0 saturated heterocycles. The summed E-state index contributed by atoms with van der Waals surface area (Å²) in [6.45, 7) is 4.69. The fourth-order valence-electron chi connectivity index (χ4n) is 2.20. The van der Waals surface area contributed by atoms with Gasteiger partial charge < -0.3 is 19.5 Å². The minimum Gasteiger partial charge on any atom is -0.478 e. The second kappa shape index (κ2) is 10.8. The van der Waals surface area contributed by atoms with Crippen molar-refractivity contribution in [2.45, 2.75) is 6.54 Å². The molecule has 7 heteroatoms. The van der Waals surface area contributed by atoms with Crippen LogP contribution < -0.4 is 30.2 Å². The smallest absolute Gasteiger partial charge is 0.412 e. The van der Waals surface area contributed by atoms with Gasteiger partial charge in [0.2, 0.25) is 0 Å². The van der Waals surface area contributed by atoms with Gasteiger partial charge in [0.1, 0.15) is 30.7 Å². The molecule has 0 fully saturated rings. The van der Waals surface area contributed by atoms with Crippen LogP contribution >= 0.6 is 0 Å². The van der Waals surface area contributed by atoms with Crippen LogP contribution in [0.15, 0.2) is 49.0 Å². The molecular formula is C20H25N3O4. The third-order valence-electron chi connectivity index (χ3n) is 3.47. The molecule has 0 spiro atoms. The first-order valence-electron chi connectivity index (χ1n) is 8.51. The van der Waals surface area contributed by atoms with E-state index in [1.165, 1.54) is 0 Å². The lowest BCUT2D eigenvalue weighted by Crippen LogP contribution is -2.26. The number of hydrogen-bond acceptors (Lipinski definition) is 6. The second-order valence-electron chi connectivity index (χ2n) is 5.61. The van der Waals surface area contributed by atoms with E-state index in [0.717, 1.165) is 11.1 Å². The van der Waals surface area contributed by atoms with Gasteiger partial charge >= 0.3 is 6.09 Å². The van der Waals surface area contributed by atoms with Crippen molar-refractivity contribution in [3.63, 3.8) is 0 Å². The van der Waals surface area contributed by atoms with Crippen LogP contribution in [0.4, 0.5) is 4.79 Å². The maximum absolute atomic E-state index is 12.0. The van der Waals surface area contributed by atoms with Gasteiger partial charge in [0, 0.05) is 12.6 Å². The molecule has 1 amide bonds. The highest BCUT2D eigenvalue weighted by molar-refractivity contribution is 5.70. The number of carbonyl (C=O) groups is 1. The maximum Gasteiger partial charge on any atom is 0.412 e. The molecular weight excluding hydrogens is 346 g/mol. The predicted octanol–water partition coefficient (Wildman–Crippen LogP) is 2.73. The molecule has 0 atom stereocenters. The summed E-state index contributed by atoms with van der Waals surface area (Å²) < 4.78 is 16.4. The molecule has 2 aromatic rings. The Bertz CT molecular complexity index is 721. The Balaban J connectivity index is 1.97. The Labute approximate surface area is 159 Å². The van der Waals surface area contributed by atoms with Gasteiger partial charge in [-0.05, 0) is 49.5 Å². The van der Waals surface area contributed by atoms with E-state index in [1.807, 2.05) is 24.3 Å². The molecule has 0 unspecified atom stereocenters. The molecule has 2 rings (SSSR count). The normalized spacial score (nSPS) is 10.1. The van der Waals surface area contributed by atoms with E-state index in [-0.39, 0.29) is 6.54 Å². The van der Waals surface area contributed by atoms with Crippen LogP contribution in [-0.2, 0) is 6.54 Å². The SMILES string of the molecule is C=Cc1ccc(OC(=O)NCc2cc(OCNC)cc(OCNC)c2)cc1. The second-order valence-corrected chi connectivity index (χ2v) is 5.61. The maximum atomic E-state index is 12.0. The van der Waals surface area contributed by atoms with Crippen LogP contribution in [0.2, 0.25) is 0 Å². The molecule has 144 valence electrons. The number of rotatable bonds is 10. The van der Waals surface area contributed by atoms with E-state index in [4.69, 9.17) is 14.2 Å². The summed E-state index contributed by atoms with van der Waals surface area (Å²) in [6, 6.07) is 12.5. The lowest BCUT2D eigenvalue weighted by Gasteiger charge is -2.13. The standard InChI is InChI=1S/C20H25N3O4/c1-4-15-5-7-17(8-6-15)27-20(24)23-12-16-9-18(25-13-21-2)11-19(10-16)26-14-22-3/h4-11,21-22H,1,12-14H2,2-3H3,(H,23,24). The van der Waals surface area contributed by atoms with Crippen molar-refractivity contribution in [3.8, 4) is 17.2 Å². The molecule has 0 radical (unpaired) electrons. The van der Waals surface area contributed by atoms with Gasteiger partial charge in [0.15, 0.2) is 0 Å². The van der Waals surface area contributed by atoms with E-state index in [1.54, 1.807) is 38.4 Å². The van der Waals surface area contributed by atoms with E-state index >= 15 is 0 Å². The highest BCUT2D eigenvalue weighted by Crippen LogP contribution is 2.23. The number of benzene rings is 2. The van der Waals surface area contributed by atoms with Gasteiger partial charge in [0.25, 0.3) is 0 Å². The molecule has 0 aliphatic carbocycles. The van der Waals surface area contributed by atoms with Crippen molar-refractivity contribution >= 4 is 12.2 Å². The molecule has 2 aromatic carbocycles. The third kappa shape index (κ3) is 7.01. The Morgan fingerprint density at radius 2 is 1.56 bits per heavy atom. The van der Waals surface area contributed by atoms with E-state index in [9.17, 15) is 4.79 Å². The lowest BCUT2D eigenvalue weighted by atomic mass is 10.2. The molecule has 0 bridgehead atoms. The average Bonchev–Trinajstić information content (AvgIpc) is 2.69. The van der Waals surface area contributed by atoms with Gasteiger partial charge in [-0.1, -0.05) is 24.8 Å². The molecule has 0 aliphatic heterocycles. The monoisotopic (exact) mass is 371 g/mol. The number of carbonyl (C=O) groups excluding carboxylic acids is 1. The quantitative estimate of drug-likeness (QED) is 0.557. The Morgan fingerprint density at radius 3 is 2.07 bits per heavy atom. The highest BCUT2D eigenvalue weighted by Gasteiger charge is 2.07. The van der Waals surface area contributed by atoms with Crippen molar-refractivity contribution in [2.24, 2.45) is 0 Å². The number of ether oxygens (including phenoxy) is 3. The van der Waals surface area contributed by atoms with Crippen molar-refractivity contribution < 1.29 is 19.0 Å². The molecule has 7 nitrogen and oxygen atoms in total. The van der Waals surface area contributed by atoms with Crippen LogP contribution in [0.5, 0.6) is 17.2 Å². The first-order chi connectivity index (χ1) is 13.1. The fourth-order valence-corrected chi connectivity index (χ4v) is 2.20. The summed E-state index contributed by atoms with van der Waals surface area (Å²) in [5.41, 5.74) is 1.78. The van der Waals surface area contributed by atoms with E-state index < -0.39 is 6.09 Å². The zero-order chi connectivity index (χ0) is 19.5. The summed E-state index contributed by atoms with van der Waals surface area (Å²) >= 11 is 0. The lowest BCUT2D eigenvalue weighted by molar-refractivity contribution is 0.200. The minimum absolute atomic E-state index is 0.274. The van der Waals surface area contributed by atoms with Crippen molar-refractivity contribution in [2.75, 3.05) is 27.6 Å². The Kier molecular flexibility index (Phi) is 8.15. The summed E-state index contributed by atoms with van der Waals surface area (Å²) in [6.07, 6.45) is 1.18. The largest absolute Gasteiger partial charge is 0.478 e. The van der Waals surface area contributed by atoms with Crippen molar-refractivity contribution in [3.05, 3.63) is 60.2 Å². The summed E-state index contributed by atoms with van der Waals surface area (Å²) in [4.78, 5) is 12.0. The molecule has 0 heterocycles. The van der Waals surface area contributed by atoms with Gasteiger partial charge in [-0.25, -0.2) is 4.79 Å². The van der Waals surface area contributed by atoms with Gasteiger partial charge in [-0.3, -0.25) is 10.6 Å². The molecule has 27 heavy (non-hydrogen) atoms. The van der Waals surface area contributed by atoms with Crippen LogP contribution in [0, 0.1) is 0 Å². The zero-order valence-electron chi connectivity index (χ0n) is 15.6. The van der Waals surface area contributed by atoms with Crippen LogP contribution in [0.1, 0.15) is 11.1 Å². The highest BCUT2D eigenvalue weighted by atomic mass is 16.6. The zero-order valence-corrected chi connectivity index (χ0v) is 15.6. The van der Waals surface area contributed by atoms with E-state index in [2.05, 4.69) is 22.5 Å². The Morgan fingerprint density at radius 1 is 0.963 bits per heavy atom. The summed E-state index contributed by atoms with van der Waals surface area (Å²) in [5, 5.41) is 8.54. The van der Waals surface area contributed by atoms with Crippen molar-refractivity contribution in [1.29, 1.82) is 0 Å². The Hall–Kier alpha value is -3.03. The average molecular weight is 371 g/mol. The topological polar surface area (TPSA) is 80.9 Å². The summed E-state index contributed by atoms with van der Waals surface area (Å²) in [7, 11) is 3.59. The molecule has 0 aromatic heterocycles. The summed E-state index contributed by atoms with van der Waals surface area (Å²) in [5.74, 6) is 1.74. The first kappa shape index (κ1) is 20.3. The van der Waals surface area contributed by atoms with Crippen LogP contribution in [0.25, 0.3) is 6.08 Å². The molecule has 0 saturated carbocycles. The van der Waals surface area contributed by atoms with E-state index in [0.29, 0.717) is 30.7 Å². The minimum atomic E-state index is -0.541. The van der Waals surface area contributed by atoms with Crippen LogP contribution in [0.3, 0.4) is 0 Å². The van der Waals surface area contributed by atoms with Gasteiger partial charge in [-0.2, -0.15) is 0 Å². The fraction of sp³-hybridized carbons (Fsp3) is 0.250. The van der Waals surface area contributed by atoms with Gasteiger partial charge in [0.05, 0.1) is 0 Å². The number of nitrogens with one attached hydrogen (secondary N) is 3. The molecule has 0 aliphatic rings. The molecule has 3 N–H and O–H groups in total.